The third-order valence-corrected chi connectivity index (χ3v) is 5.56. The molecule has 1 heterocycles. The molecule has 0 unspecified atom stereocenters. The van der Waals surface area contributed by atoms with E-state index in [0.717, 1.165) is 24.0 Å². The van der Waals surface area contributed by atoms with Crippen molar-refractivity contribution < 1.29 is 14.4 Å². The Morgan fingerprint density at radius 3 is 2.44 bits per heavy atom. The summed E-state index contributed by atoms with van der Waals surface area (Å²) in [7, 11) is 0. The molecule has 1 aliphatic carbocycles. The van der Waals surface area contributed by atoms with Gasteiger partial charge in [0.15, 0.2) is 0 Å². The predicted molar refractivity (Wildman–Crippen MR) is 108 cm³/mol. The molecular weight excluding hydrogens is 362 g/mol. The molecule has 142 valence electrons. The van der Waals surface area contributed by atoms with Crippen LogP contribution in [0.5, 0.6) is 0 Å². The highest BCUT2D eigenvalue weighted by Crippen LogP contribution is 2.33. The number of nitrogens with one attached hydrogen (secondary N) is 3. The van der Waals surface area contributed by atoms with Crippen LogP contribution in [0.2, 0.25) is 0 Å². The fourth-order valence-corrected chi connectivity index (χ4v) is 3.65. The third-order valence-electron chi connectivity index (χ3n) is 4.40. The minimum atomic E-state index is -0.249. The second kappa shape index (κ2) is 7.92. The summed E-state index contributed by atoms with van der Waals surface area (Å²) in [6, 6.07) is 7.04. The zero-order valence-electron chi connectivity index (χ0n) is 15.6. The number of hydrogen-bond donors (Lipinski definition) is 3. The Morgan fingerprint density at radius 1 is 1.04 bits per heavy atom. The van der Waals surface area contributed by atoms with Crippen LogP contribution in [0.25, 0.3) is 0 Å². The number of amides is 3. The van der Waals surface area contributed by atoms with Crippen LogP contribution >= 0.6 is 11.3 Å². The zero-order valence-corrected chi connectivity index (χ0v) is 16.5. The van der Waals surface area contributed by atoms with Gasteiger partial charge in [0.2, 0.25) is 5.91 Å². The van der Waals surface area contributed by atoms with Crippen LogP contribution in [0.4, 0.5) is 10.7 Å². The molecule has 0 spiro atoms. The first kappa shape index (κ1) is 19.1. The van der Waals surface area contributed by atoms with E-state index in [0.29, 0.717) is 27.7 Å². The van der Waals surface area contributed by atoms with Crippen molar-refractivity contribution in [3.05, 3.63) is 45.8 Å². The summed E-state index contributed by atoms with van der Waals surface area (Å²) in [6.07, 6.45) is 1.87. The topological polar surface area (TPSA) is 87.3 Å². The van der Waals surface area contributed by atoms with Crippen molar-refractivity contribution in [2.75, 3.05) is 17.2 Å². The summed E-state index contributed by atoms with van der Waals surface area (Å²) in [5, 5.41) is 9.20. The van der Waals surface area contributed by atoms with Crippen LogP contribution in [0.15, 0.2) is 24.3 Å². The molecule has 2 aromatic rings. The average Bonchev–Trinajstić information content (AvgIpc) is 3.41. The van der Waals surface area contributed by atoms with E-state index in [2.05, 4.69) is 16.0 Å². The fraction of sp³-hybridized carbons (Fsp3) is 0.350. The van der Waals surface area contributed by atoms with Gasteiger partial charge in [-0.2, -0.15) is 0 Å². The Kier molecular flexibility index (Phi) is 5.60. The highest BCUT2D eigenvalue weighted by atomic mass is 32.1. The fourth-order valence-electron chi connectivity index (χ4n) is 2.68. The van der Waals surface area contributed by atoms with Gasteiger partial charge >= 0.3 is 0 Å². The van der Waals surface area contributed by atoms with Crippen molar-refractivity contribution in [1.82, 2.24) is 5.32 Å². The molecule has 0 atom stereocenters. The lowest BCUT2D eigenvalue weighted by molar-refractivity contribution is -0.117. The monoisotopic (exact) mass is 385 g/mol. The minimum absolute atomic E-state index is 0.0219. The SMILES string of the molecule is CCNC(=O)c1ccc(C)c(NC(=O)c2sc(NC(=O)C3CC3)cc2C)c1. The van der Waals surface area contributed by atoms with Gasteiger partial charge in [0, 0.05) is 23.7 Å². The van der Waals surface area contributed by atoms with E-state index in [1.54, 1.807) is 12.1 Å². The van der Waals surface area contributed by atoms with Gasteiger partial charge < -0.3 is 16.0 Å². The van der Waals surface area contributed by atoms with Crippen molar-refractivity contribution in [3.63, 3.8) is 0 Å². The molecule has 3 N–H and O–H groups in total. The predicted octanol–water partition coefficient (Wildman–Crippen LogP) is 3.72. The first-order valence-corrected chi connectivity index (χ1v) is 9.82. The molecular formula is C20H23N3O3S. The molecule has 6 nitrogen and oxygen atoms in total. The Balaban J connectivity index is 1.75. The Bertz CT molecular complexity index is 900. The minimum Gasteiger partial charge on any atom is -0.352 e. The van der Waals surface area contributed by atoms with Crippen molar-refractivity contribution in [1.29, 1.82) is 0 Å². The number of hydrogen-bond acceptors (Lipinski definition) is 4. The molecule has 1 saturated carbocycles. The highest BCUT2D eigenvalue weighted by Gasteiger charge is 2.30. The van der Waals surface area contributed by atoms with Crippen molar-refractivity contribution in [3.8, 4) is 0 Å². The Labute approximate surface area is 162 Å². The number of carbonyl (C=O) groups is 3. The van der Waals surface area contributed by atoms with Gasteiger partial charge in [0.25, 0.3) is 11.8 Å². The van der Waals surface area contributed by atoms with Crippen LogP contribution < -0.4 is 16.0 Å². The molecule has 0 saturated heterocycles. The lowest BCUT2D eigenvalue weighted by Gasteiger charge is -2.10. The molecule has 27 heavy (non-hydrogen) atoms. The van der Waals surface area contributed by atoms with Crippen LogP contribution in [-0.4, -0.2) is 24.3 Å². The standard InChI is InChI=1S/C20H23N3O3S/c1-4-21-18(24)14-6-5-11(2)15(10-14)22-20(26)17-12(3)9-16(27-17)23-19(25)13-7-8-13/h5-6,9-10,13H,4,7-8H2,1-3H3,(H,21,24)(H,22,26)(H,23,25). The van der Waals surface area contributed by atoms with Gasteiger partial charge in [-0.3, -0.25) is 14.4 Å². The highest BCUT2D eigenvalue weighted by molar-refractivity contribution is 7.18. The van der Waals surface area contributed by atoms with Gasteiger partial charge in [-0.1, -0.05) is 6.07 Å². The summed E-state index contributed by atoms with van der Waals surface area (Å²) < 4.78 is 0. The summed E-state index contributed by atoms with van der Waals surface area (Å²) >= 11 is 1.26. The first-order chi connectivity index (χ1) is 12.9. The Hall–Kier alpha value is -2.67. The maximum atomic E-state index is 12.7. The van der Waals surface area contributed by atoms with Crippen LogP contribution in [-0.2, 0) is 4.79 Å². The quantitative estimate of drug-likeness (QED) is 0.708. The van der Waals surface area contributed by atoms with Gasteiger partial charge in [-0.25, -0.2) is 0 Å². The van der Waals surface area contributed by atoms with Crippen LogP contribution in [0.1, 0.15) is 50.9 Å². The first-order valence-electron chi connectivity index (χ1n) is 9.00. The summed E-state index contributed by atoms with van der Waals surface area (Å²) in [4.78, 5) is 37.2. The van der Waals surface area contributed by atoms with Gasteiger partial charge in [-0.05, 0) is 62.9 Å². The molecule has 0 radical (unpaired) electrons. The number of thiophene rings is 1. The number of aryl methyl sites for hydroxylation is 2. The number of anilines is 2. The van der Waals surface area contributed by atoms with Crippen LogP contribution in [0, 0.1) is 19.8 Å². The molecule has 1 aromatic heterocycles. The lowest BCUT2D eigenvalue weighted by Crippen LogP contribution is -2.23. The molecule has 1 aliphatic rings. The summed E-state index contributed by atoms with van der Waals surface area (Å²) in [5.41, 5.74) is 2.77. The molecule has 1 fully saturated rings. The average molecular weight is 385 g/mol. The van der Waals surface area contributed by atoms with E-state index in [-0.39, 0.29) is 23.6 Å². The Morgan fingerprint density at radius 2 is 1.78 bits per heavy atom. The lowest BCUT2D eigenvalue weighted by atomic mass is 10.1. The van der Waals surface area contributed by atoms with E-state index in [9.17, 15) is 14.4 Å². The molecule has 3 amide bonds. The van der Waals surface area contributed by atoms with Crippen molar-refractivity contribution in [2.24, 2.45) is 5.92 Å². The van der Waals surface area contributed by atoms with Gasteiger partial charge in [0.1, 0.15) is 0 Å². The molecule has 3 rings (SSSR count). The number of carbonyl (C=O) groups excluding carboxylic acids is 3. The smallest absolute Gasteiger partial charge is 0.266 e. The number of benzene rings is 1. The van der Waals surface area contributed by atoms with E-state index in [1.807, 2.05) is 32.9 Å². The third kappa shape index (κ3) is 4.54. The van der Waals surface area contributed by atoms with E-state index in [4.69, 9.17) is 0 Å². The van der Waals surface area contributed by atoms with Crippen molar-refractivity contribution >= 4 is 39.7 Å². The van der Waals surface area contributed by atoms with Gasteiger partial charge in [0.05, 0.1) is 9.88 Å². The van der Waals surface area contributed by atoms with Gasteiger partial charge in [-0.15, -0.1) is 11.3 Å². The summed E-state index contributed by atoms with van der Waals surface area (Å²) in [6.45, 7) is 6.11. The normalized spacial score (nSPS) is 13.1. The molecule has 1 aromatic carbocycles. The molecule has 7 heteroatoms. The molecule has 0 bridgehead atoms. The van der Waals surface area contributed by atoms with E-state index >= 15 is 0 Å². The van der Waals surface area contributed by atoms with E-state index in [1.165, 1.54) is 11.3 Å². The van der Waals surface area contributed by atoms with Crippen molar-refractivity contribution in [2.45, 2.75) is 33.6 Å². The second-order valence-electron chi connectivity index (χ2n) is 6.73. The maximum Gasteiger partial charge on any atom is 0.266 e. The largest absolute Gasteiger partial charge is 0.352 e. The van der Waals surface area contributed by atoms with Crippen LogP contribution in [0.3, 0.4) is 0 Å². The maximum absolute atomic E-state index is 12.7. The zero-order chi connectivity index (χ0) is 19.6. The second-order valence-corrected chi connectivity index (χ2v) is 7.78. The summed E-state index contributed by atoms with van der Waals surface area (Å²) in [5.74, 6) is -0.288. The van der Waals surface area contributed by atoms with E-state index < -0.39 is 0 Å². The number of rotatable bonds is 6. The molecule has 0 aliphatic heterocycles.